The molecule has 10 heteroatoms. The number of aromatic amines is 1. The lowest BCUT2D eigenvalue weighted by Gasteiger charge is -2.35. The van der Waals surface area contributed by atoms with E-state index >= 15 is 0 Å². The molecule has 9 nitrogen and oxygen atoms in total. The van der Waals surface area contributed by atoms with Gasteiger partial charge in [0, 0.05) is 24.8 Å². The van der Waals surface area contributed by atoms with Crippen LogP contribution in [-0.2, 0) is 14.3 Å². The van der Waals surface area contributed by atoms with Gasteiger partial charge in [-0.2, -0.15) is 0 Å². The maximum atomic E-state index is 13.6. The first kappa shape index (κ1) is 24.7. The first-order valence-corrected chi connectivity index (χ1v) is 11.9. The number of halogens is 1. The van der Waals surface area contributed by atoms with E-state index in [-0.39, 0.29) is 24.9 Å². The molecule has 4 rings (SSSR count). The molecule has 0 saturated carbocycles. The lowest BCUT2D eigenvalue weighted by Crippen LogP contribution is -2.48. The van der Waals surface area contributed by atoms with Crippen molar-refractivity contribution < 1.29 is 18.7 Å². The molecule has 0 radical (unpaired) electrons. The Morgan fingerprint density at radius 1 is 1.11 bits per heavy atom. The second kappa shape index (κ2) is 10.9. The van der Waals surface area contributed by atoms with E-state index in [1.807, 2.05) is 13.8 Å². The Kier molecular flexibility index (Phi) is 7.72. The van der Waals surface area contributed by atoms with Crippen molar-refractivity contribution in [2.24, 2.45) is 5.41 Å². The summed E-state index contributed by atoms with van der Waals surface area (Å²) >= 11 is 0. The largest absolute Gasteiger partial charge is 0.355 e. The number of amides is 1. The zero-order chi connectivity index (χ0) is 24.8. The van der Waals surface area contributed by atoms with Gasteiger partial charge in [-0.25, -0.2) is 19.3 Å². The number of hydrogen-bond acceptors (Lipinski definition) is 7. The van der Waals surface area contributed by atoms with Crippen LogP contribution in [0.15, 0.2) is 36.5 Å². The number of ether oxygens (including phenoxy) is 2. The molecule has 0 unspecified atom stereocenters. The maximum Gasteiger partial charge on any atom is 0.230 e. The second-order valence-electron chi connectivity index (χ2n) is 8.82. The molecule has 0 spiro atoms. The highest BCUT2D eigenvalue weighted by molar-refractivity contribution is 5.82. The van der Waals surface area contributed by atoms with Crippen LogP contribution >= 0.6 is 0 Å². The number of H-pyrrole nitrogens is 1. The summed E-state index contributed by atoms with van der Waals surface area (Å²) in [6.07, 6.45) is 2.68. The molecule has 1 aliphatic heterocycles. The Morgan fingerprint density at radius 2 is 1.83 bits per heavy atom. The lowest BCUT2D eigenvalue weighted by molar-refractivity contribution is -0.231. The molecule has 35 heavy (non-hydrogen) atoms. The van der Waals surface area contributed by atoms with Crippen LogP contribution in [0.3, 0.4) is 0 Å². The quantitative estimate of drug-likeness (QED) is 0.421. The average Bonchev–Trinajstić information content (AvgIpc) is 3.32. The molecule has 1 aromatic carbocycles. The fourth-order valence-electron chi connectivity index (χ4n) is 3.67. The molecule has 0 bridgehead atoms. The normalized spacial score (nSPS) is 19.9. The lowest BCUT2D eigenvalue weighted by atomic mass is 9.91. The molecule has 1 amide bonds. The Bertz CT molecular complexity index is 1140. The number of carbonyl (C=O) groups excluding carboxylic acids is 1. The predicted molar refractivity (Wildman–Crippen MR) is 130 cm³/mol. The SMILES string of the molecule is CCCNC(=O)C1(C)COC(c2nc(-c3ccc(F)cc3)c(-c3ccnc(NCCC)n3)[nH]2)OC1. The van der Waals surface area contributed by atoms with Crippen molar-refractivity contribution in [3.63, 3.8) is 0 Å². The molecule has 3 heterocycles. The van der Waals surface area contributed by atoms with E-state index in [0.29, 0.717) is 41.0 Å². The molecular formula is C25H31FN6O3. The molecule has 1 saturated heterocycles. The molecule has 3 aromatic rings. The van der Waals surface area contributed by atoms with Crippen LogP contribution in [0.1, 0.15) is 45.7 Å². The summed E-state index contributed by atoms with van der Waals surface area (Å²) in [5, 5.41) is 6.09. The predicted octanol–water partition coefficient (Wildman–Crippen LogP) is 4.07. The first-order valence-electron chi connectivity index (χ1n) is 11.9. The number of nitrogens with zero attached hydrogens (tertiary/aromatic N) is 3. The van der Waals surface area contributed by atoms with E-state index in [4.69, 9.17) is 14.5 Å². The summed E-state index contributed by atoms with van der Waals surface area (Å²) in [6, 6.07) is 7.87. The summed E-state index contributed by atoms with van der Waals surface area (Å²) in [6.45, 7) is 7.61. The van der Waals surface area contributed by atoms with Crippen molar-refractivity contribution in [3.8, 4) is 22.6 Å². The summed E-state index contributed by atoms with van der Waals surface area (Å²) < 4.78 is 25.4. The Balaban J connectivity index is 1.62. The number of benzene rings is 1. The van der Waals surface area contributed by atoms with Crippen molar-refractivity contribution in [1.29, 1.82) is 0 Å². The topological polar surface area (TPSA) is 114 Å². The number of hydrogen-bond donors (Lipinski definition) is 3. The molecule has 0 atom stereocenters. The minimum Gasteiger partial charge on any atom is -0.355 e. The Hall–Kier alpha value is -3.37. The van der Waals surface area contributed by atoms with Gasteiger partial charge in [-0.1, -0.05) is 13.8 Å². The van der Waals surface area contributed by atoms with Crippen molar-refractivity contribution in [1.82, 2.24) is 25.3 Å². The summed E-state index contributed by atoms with van der Waals surface area (Å²) in [7, 11) is 0. The molecule has 3 N–H and O–H groups in total. The average molecular weight is 483 g/mol. The van der Waals surface area contributed by atoms with Gasteiger partial charge in [0.1, 0.15) is 5.82 Å². The fraction of sp³-hybridized carbons (Fsp3) is 0.440. The smallest absolute Gasteiger partial charge is 0.230 e. The van der Waals surface area contributed by atoms with Crippen molar-refractivity contribution in [2.45, 2.75) is 39.9 Å². The summed E-state index contributed by atoms with van der Waals surface area (Å²) in [5.41, 5.74) is 1.77. The molecule has 1 fully saturated rings. The van der Waals surface area contributed by atoms with Gasteiger partial charge < -0.3 is 25.1 Å². The van der Waals surface area contributed by atoms with Crippen LogP contribution in [0, 0.1) is 11.2 Å². The van der Waals surface area contributed by atoms with Crippen LogP contribution < -0.4 is 10.6 Å². The third-order valence-electron chi connectivity index (χ3n) is 5.70. The van der Waals surface area contributed by atoms with Crippen molar-refractivity contribution in [2.75, 3.05) is 31.6 Å². The fourth-order valence-corrected chi connectivity index (χ4v) is 3.67. The molecular weight excluding hydrogens is 451 g/mol. The summed E-state index contributed by atoms with van der Waals surface area (Å²) in [5.74, 6) is 0.512. The first-order chi connectivity index (χ1) is 16.9. The van der Waals surface area contributed by atoms with E-state index in [1.165, 1.54) is 12.1 Å². The van der Waals surface area contributed by atoms with E-state index in [0.717, 1.165) is 19.4 Å². The zero-order valence-electron chi connectivity index (χ0n) is 20.2. The molecule has 0 aliphatic carbocycles. The van der Waals surface area contributed by atoms with Gasteiger partial charge in [-0.05, 0) is 50.1 Å². The summed E-state index contributed by atoms with van der Waals surface area (Å²) in [4.78, 5) is 29.4. The van der Waals surface area contributed by atoms with Gasteiger partial charge in [0.05, 0.1) is 35.7 Å². The van der Waals surface area contributed by atoms with Crippen LogP contribution in [0.25, 0.3) is 22.6 Å². The third kappa shape index (κ3) is 5.66. The van der Waals surface area contributed by atoms with Crippen LogP contribution in [0.5, 0.6) is 0 Å². The van der Waals surface area contributed by atoms with Gasteiger partial charge in [-0.3, -0.25) is 4.79 Å². The number of anilines is 1. The van der Waals surface area contributed by atoms with Gasteiger partial charge in [0.25, 0.3) is 0 Å². The van der Waals surface area contributed by atoms with Gasteiger partial charge in [-0.15, -0.1) is 0 Å². The second-order valence-corrected chi connectivity index (χ2v) is 8.82. The Labute approximate surface area is 203 Å². The minimum absolute atomic E-state index is 0.0990. The van der Waals surface area contributed by atoms with Crippen molar-refractivity contribution in [3.05, 3.63) is 48.2 Å². The van der Waals surface area contributed by atoms with Crippen molar-refractivity contribution >= 4 is 11.9 Å². The highest BCUT2D eigenvalue weighted by Crippen LogP contribution is 2.35. The number of rotatable bonds is 9. The van der Waals surface area contributed by atoms with Crippen LogP contribution in [0.2, 0.25) is 0 Å². The number of imidazole rings is 1. The standard InChI is InChI=1S/C25H31FN6O3/c1-4-11-27-23(33)25(3)14-34-22(35-15-25)21-31-19(16-6-8-17(26)9-7-16)20(32-21)18-10-13-29-24(30-18)28-12-5-2/h6-10,13,22H,4-5,11-12,14-15H2,1-3H3,(H,27,33)(H,31,32)(H,28,29,30). The van der Waals surface area contributed by atoms with Gasteiger partial charge >= 0.3 is 0 Å². The zero-order valence-corrected chi connectivity index (χ0v) is 20.2. The van der Waals surface area contributed by atoms with E-state index < -0.39 is 11.7 Å². The number of nitrogens with one attached hydrogen (secondary N) is 3. The highest BCUT2D eigenvalue weighted by Gasteiger charge is 2.40. The molecule has 186 valence electrons. The molecule has 2 aromatic heterocycles. The molecule has 1 aliphatic rings. The maximum absolute atomic E-state index is 13.6. The van der Waals surface area contributed by atoms with Crippen LogP contribution in [0.4, 0.5) is 10.3 Å². The number of carbonyl (C=O) groups is 1. The highest BCUT2D eigenvalue weighted by atomic mass is 19.1. The van der Waals surface area contributed by atoms with Gasteiger partial charge in [0.15, 0.2) is 5.82 Å². The minimum atomic E-state index is -0.784. The van der Waals surface area contributed by atoms with E-state index in [9.17, 15) is 9.18 Å². The monoisotopic (exact) mass is 482 g/mol. The van der Waals surface area contributed by atoms with Gasteiger partial charge in [0.2, 0.25) is 18.1 Å². The van der Waals surface area contributed by atoms with E-state index in [1.54, 1.807) is 24.4 Å². The van der Waals surface area contributed by atoms with Crippen LogP contribution in [-0.4, -0.2) is 52.1 Å². The third-order valence-corrected chi connectivity index (χ3v) is 5.70. The Morgan fingerprint density at radius 3 is 2.51 bits per heavy atom. The van der Waals surface area contributed by atoms with E-state index in [2.05, 4.69) is 32.5 Å². The number of aromatic nitrogens is 4.